The lowest BCUT2D eigenvalue weighted by Crippen LogP contribution is -2.30. The first-order valence-corrected chi connectivity index (χ1v) is 9.16. The van der Waals surface area contributed by atoms with Gasteiger partial charge >= 0.3 is 5.97 Å². The average Bonchev–Trinajstić information content (AvgIpc) is 2.72. The van der Waals surface area contributed by atoms with Crippen LogP contribution in [0.4, 0.5) is 5.82 Å². The molecule has 1 atom stereocenters. The van der Waals surface area contributed by atoms with Gasteiger partial charge in [0.25, 0.3) is 5.91 Å². The summed E-state index contributed by atoms with van der Waals surface area (Å²) >= 11 is 5.75. The van der Waals surface area contributed by atoms with Crippen molar-refractivity contribution in [1.82, 2.24) is 4.98 Å². The normalized spacial score (nSPS) is 11.3. The van der Waals surface area contributed by atoms with Gasteiger partial charge in [0, 0.05) is 12.6 Å². The molecule has 156 valence electrons. The molecule has 2 rings (SSSR count). The molecule has 1 heterocycles. The van der Waals surface area contributed by atoms with Gasteiger partial charge in [0.1, 0.15) is 5.82 Å². The van der Waals surface area contributed by atoms with Crippen molar-refractivity contribution in [2.75, 3.05) is 26.6 Å². The Hall–Kier alpha value is -3.00. The van der Waals surface area contributed by atoms with Crippen LogP contribution in [-0.2, 0) is 20.7 Å². The molecule has 1 amide bonds. The topological polar surface area (TPSA) is 96.0 Å². The number of nitrogens with one attached hydrogen (secondary N) is 1. The lowest BCUT2D eigenvalue weighted by atomic mass is 10.1. The summed E-state index contributed by atoms with van der Waals surface area (Å²) in [6.07, 6.45) is 0.892. The SMILES string of the molecule is COc1cc(CCC(=O)O[C@@H](C)C(=O)Nc2ccc(Cl)cn2)cc(OC)c1OC. The Morgan fingerprint density at radius 1 is 1.10 bits per heavy atom. The zero-order chi connectivity index (χ0) is 21.4. The molecule has 0 aliphatic heterocycles. The summed E-state index contributed by atoms with van der Waals surface area (Å²) in [4.78, 5) is 28.2. The van der Waals surface area contributed by atoms with E-state index in [9.17, 15) is 9.59 Å². The largest absolute Gasteiger partial charge is 0.493 e. The highest BCUT2D eigenvalue weighted by Gasteiger charge is 2.19. The number of ether oxygens (including phenoxy) is 4. The number of amides is 1. The minimum Gasteiger partial charge on any atom is -0.493 e. The fourth-order valence-corrected chi connectivity index (χ4v) is 2.63. The Morgan fingerprint density at radius 2 is 1.76 bits per heavy atom. The number of carbonyl (C=O) groups is 2. The van der Waals surface area contributed by atoms with Gasteiger partial charge in [0.15, 0.2) is 17.6 Å². The molecule has 0 aliphatic rings. The van der Waals surface area contributed by atoms with Crippen molar-refractivity contribution in [2.45, 2.75) is 25.9 Å². The van der Waals surface area contributed by atoms with Crippen molar-refractivity contribution < 1.29 is 28.5 Å². The summed E-state index contributed by atoms with van der Waals surface area (Å²) in [5.41, 5.74) is 0.805. The maximum Gasteiger partial charge on any atom is 0.306 e. The maximum absolute atomic E-state index is 12.1. The number of aromatic nitrogens is 1. The maximum atomic E-state index is 12.1. The molecular formula is C20H23ClN2O6. The molecule has 0 unspecified atom stereocenters. The number of esters is 1. The number of hydrogen-bond donors (Lipinski definition) is 1. The molecule has 0 bridgehead atoms. The highest BCUT2D eigenvalue weighted by Crippen LogP contribution is 2.38. The molecule has 9 heteroatoms. The smallest absolute Gasteiger partial charge is 0.306 e. The first-order chi connectivity index (χ1) is 13.9. The predicted molar refractivity (Wildman–Crippen MR) is 108 cm³/mol. The lowest BCUT2D eigenvalue weighted by Gasteiger charge is -2.15. The number of hydrogen-bond acceptors (Lipinski definition) is 7. The number of pyridine rings is 1. The molecule has 0 fully saturated rings. The quantitative estimate of drug-likeness (QED) is 0.619. The van der Waals surface area contributed by atoms with E-state index < -0.39 is 18.0 Å². The second-order valence-electron chi connectivity index (χ2n) is 6.02. The first-order valence-electron chi connectivity index (χ1n) is 8.78. The van der Waals surface area contributed by atoms with Crippen LogP contribution < -0.4 is 19.5 Å². The fraction of sp³-hybridized carbons (Fsp3) is 0.350. The molecule has 1 aromatic heterocycles. The van der Waals surface area contributed by atoms with Gasteiger partial charge in [-0.15, -0.1) is 0 Å². The summed E-state index contributed by atoms with van der Waals surface area (Å²) < 4.78 is 21.1. The second-order valence-corrected chi connectivity index (χ2v) is 6.45. The number of carbonyl (C=O) groups excluding carboxylic acids is 2. The molecule has 0 saturated heterocycles. The van der Waals surface area contributed by atoms with E-state index in [1.165, 1.54) is 34.4 Å². The van der Waals surface area contributed by atoms with Crippen LogP contribution in [0.1, 0.15) is 18.9 Å². The lowest BCUT2D eigenvalue weighted by molar-refractivity contribution is -0.153. The van der Waals surface area contributed by atoms with Crippen LogP contribution in [0.15, 0.2) is 30.5 Å². The van der Waals surface area contributed by atoms with E-state index in [0.29, 0.717) is 34.5 Å². The molecule has 1 aromatic carbocycles. The number of benzene rings is 1. The van der Waals surface area contributed by atoms with Gasteiger partial charge in [-0.25, -0.2) is 4.98 Å². The van der Waals surface area contributed by atoms with Gasteiger partial charge in [0.05, 0.1) is 26.4 Å². The van der Waals surface area contributed by atoms with E-state index in [4.69, 9.17) is 30.5 Å². The molecule has 0 saturated carbocycles. The van der Waals surface area contributed by atoms with E-state index in [2.05, 4.69) is 10.3 Å². The Balaban J connectivity index is 1.92. The van der Waals surface area contributed by atoms with E-state index in [-0.39, 0.29) is 6.42 Å². The van der Waals surface area contributed by atoms with Crippen LogP contribution in [0.3, 0.4) is 0 Å². The monoisotopic (exact) mass is 422 g/mol. The molecular weight excluding hydrogens is 400 g/mol. The van der Waals surface area contributed by atoms with E-state index in [1.807, 2.05) is 0 Å². The van der Waals surface area contributed by atoms with E-state index >= 15 is 0 Å². The number of nitrogens with zero attached hydrogens (tertiary/aromatic N) is 1. The van der Waals surface area contributed by atoms with Gasteiger partial charge in [-0.2, -0.15) is 0 Å². The molecule has 0 radical (unpaired) electrons. The highest BCUT2D eigenvalue weighted by atomic mass is 35.5. The molecule has 0 spiro atoms. The van der Waals surface area contributed by atoms with Crippen molar-refractivity contribution in [2.24, 2.45) is 0 Å². The van der Waals surface area contributed by atoms with Gasteiger partial charge in [-0.05, 0) is 43.2 Å². The van der Waals surface area contributed by atoms with E-state index in [0.717, 1.165) is 5.56 Å². The number of anilines is 1. The summed E-state index contributed by atoms with van der Waals surface area (Å²) in [6, 6.07) is 6.67. The average molecular weight is 423 g/mol. The summed E-state index contributed by atoms with van der Waals surface area (Å²) in [5.74, 6) is 0.797. The summed E-state index contributed by atoms with van der Waals surface area (Å²) in [6.45, 7) is 1.49. The van der Waals surface area contributed by atoms with Gasteiger partial charge in [-0.3, -0.25) is 9.59 Å². The first kappa shape index (κ1) is 22.3. The van der Waals surface area contributed by atoms with Crippen molar-refractivity contribution >= 4 is 29.3 Å². The third kappa shape index (κ3) is 6.25. The fourth-order valence-electron chi connectivity index (χ4n) is 2.51. The van der Waals surface area contributed by atoms with Crippen LogP contribution in [-0.4, -0.2) is 44.3 Å². The molecule has 2 aromatic rings. The zero-order valence-corrected chi connectivity index (χ0v) is 17.4. The Bertz CT molecular complexity index is 832. The molecule has 1 N–H and O–H groups in total. The van der Waals surface area contributed by atoms with Crippen molar-refractivity contribution in [3.05, 3.63) is 41.0 Å². The number of rotatable bonds is 9. The van der Waals surface area contributed by atoms with Crippen molar-refractivity contribution in [1.29, 1.82) is 0 Å². The third-order valence-electron chi connectivity index (χ3n) is 4.00. The van der Waals surface area contributed by atoms with Gasteiger partial charge in [-0.1, -0.05) is 11.6 Å². The number of methoxy groups -OCH3 is 3. The Morgan fingerprint density at radius 3 is 2.28 bits per heavy atom. The van der Waals surface area contributed by atoms with Gasteiger partial charge < -0.3 is 24.3 Å². The van der Waals surface area contributed by atoms with Crippen LogP contribution in [0.5, 0.6) is 17.2 Å². The third-order valence-corrected chi connectivity index (χ3v) is 4.22. The standard InChI is InChI=1S/C20H23ClN2O6/c1-12(20(25)23-17-7-6-14(21)11-22-17)29-18(24)8-5-13-9-15(26-2)19(28-4)16(10-13)27-3/h6-7,9-12H,5,8H2,1-4H3,(H,22,23,25)/t12-/m0/s1. The second kappa shape index (κ2) is 10.5. The minimum atomic E-state index is -0.972. The van der Waals surface area contributed by atoms with Crippen LogP contribution in [0, 0.1) is 0 Å². The van der Waals surface area contributed by atoms with E-state index in [1.54, 1.807) is 24.3 Å². The molecule has 8 nitrogen and oxygen atoms in total. The van der Waals surface area contributed by atoms with Crippen molar-refractivity contribution in [3.8, 4) is 17.2 Å². The molecule has 29 heavy (non-hydrogen) atoms. The van der Waals surface area contributed by atoms with Crippen LogP contribution in [0.2, 0.25) is 5.02 Å². The predicted octanol–water partition coefficient (Wildman–Crippen LogP) is 3.26. The summed E-state index contributed by atoms with van der Waals surface area (Å²) in [7, 11) is 4.56. The Kier molecular flexibility index (Phi) is 8.09. The van der Waals surface area contributed by atoms with Gasteiger partial charge in [0.2, 0.25) is 5.75 Å². The number of aryl methyl sites for hydroxylation is 1. The van der Waals surface area contributed by atoms with Crippen LogP contribution in [0.25, 0.3) is 0 Å². The molecule has 0 aliphatic carbocycles. The van der Waals surface area contributed by atoms with Crippen molar-refractivity contribution in [3.63, 3.8) is 0 Å². The van der Waals surface area contributed by atoms with Crippen LogP contribution >= 0.6 is 11.6 Å². The minimum absolute atomic E-state index is 0.0788. The zero-order valence-electron chi connectivity index (χ0n) is 16.7. The highest BCUT2D eigenvalue weighted by molar-refractivity contribution is 6.30. The number of halogens is 1. The summed E-state index contributed by atoms with van der Waals surface area (Å²) in [5, 5.41) is 3.01. The Labute approximate surface area is 174 Å².